The minimum absolute atomic E-state index is 0.00264. The molecule has 4 rings (SSSR count). The first kappa shape index (κ1) is 28.2. The first-order chi connectivity index (χ1) is 17.2. The van der Waals surface area contributed by atoms with Crippen LogP contribution in [0.1, 0.15) is 131 Å². The highest BCUT2D eigenvalue weighted by atomic mass is 16.5. The van der Waals surface area contributed by atoms with Gasteiger partial charge in [0.1, 0.15) is 6.10 Å². The Morgan fingerprint density at radius 2 is 1.81 bits per heavy atom. The van der Waals surface area contributed by atoms with Crippen molar-refractivity contribution >= 4 is 5.97 Å². The molecule has 0 aromatic heterocycles. The summed E-state index contributed by atoms with van der Waals surface area (Å²) in [4.78, 5) is 12.4. The smallest absolute Gasteiger partial charge is 0.306 e. The van der Waals surface area contributed by atoms with Crippen LogP contribution < -0.4 is 5.73 Å². The van der Waals surface area contributed by atoms with Crippen LogP contribution >= 0.6 is 0 Å². The number of hydrogen-bond acceptors (Lipinski definition) is 3. The number of hydrogen-bond donors (Lipinski definition) is 1. The standard InChI is InChI=1S/C33H57NO2/c1-23(2)10-9-11-24(3)28-15-16-29-27-14-13-25-22-26(36-31(35)12-7-6-8-21-34)17-19-32(25,4)30(27)18-20-33(28,29)5/h13,23-24,26-30H,6-12,14-22,34H2,1-5H3/t24-,26+,27+,28-,29+,30+,32+,33-/m1/s1. The number of carbonyl (C=O) groups excluding carboxylic acids is 1. The monoisotopic (exact) mass is 499 g/mol. The molecule has 4 aliphatic carbocycles. The van der Waals surface area contributed by atoms with Crippen molar-refractivity contribution in [3.63, 3.8) is 0 Å². The Hall–Kier alpha value is -0.830. The summed E-state index contributed by atoms with van der Waals surface area (Å²) in [5, 5.41) is 0. The summed E-state index contributed by atoms with van der Waals surface area (Å²) in [6.45, 7) is 13.3. The molecule has 0 aliphatic heterocycles. The van der Waals surface area contributed by atoms with E-state index in [-0.39, 0.29) is 12.1 Å². The summed E-state index contributed by atoms with van der Waals surface area (Å²) in [5.41, 5.74) is 8.08. The second-order valence-electron chi connectivity index (χ2n) is 14.2. The van der Waals surface area contributed by atoms with E-state index in [9.17, 15) is 4.79 Å². The predicted octanol–water partition coefficient (Wildman–Crippen LogP) is 8.46. The summed E-state index contributed by atoms with van der Waals surface area (Å²) < 4.78 is 5.96. The Morgan fingerprint density at radius 3 is 2.56 bits per heavy atom. The van der Waals surface area contributed by atoms with Gasteiger partial charge >= 0.3 is 5.97 Å². The summed E-state index contributed by atoms with van der Waals surface area (Å²) in [7, 11) is 0. The minimum Gasteiger partial charge on any atom is -0.462 e. The quantitative estimate of drug-likeness (QED) is 0.176. The fourth-order valence-corrected chi connectivity index (χ4v) is 9.59. The Bertz CT molecular complexity index is 774. The number of rotatable bonds is 11. The molecule has 36 heavy (non-hydrogen) atoms. The van der Waals surface area contributed by atoms with Crippen LogP contribution in [0.15, 0.2) is 11.6 Å². The fourth-order valence-electron chi connectivity index (χ4n) is 9.59. The van der Waals surface area contributed by atoms with Crippen molar-refractivity contribution in [2.75, 3.05) is 6.54 Å². The van der Waals surface area contributed by atoms with Gasteiger partial charge in [-0.25, -0.2) is 0 Å². The van der Waals surface area contributed by atoms with Crippen LogP contribution in [0, 0.1) is 46.3 Å². The SMILES string of the molecule is CC(C)CCC[C@@H](C)[C@H]1CC[C@H]2[C@@H]3CC=C4C[C@@H](OC(=O)CCCCCN)CC[C@]4(C)[C@H]3CC[C@]12C. The van der Waals surface area contributed by atoms with E-state index in [2.05, 4.69) is 40.7 Å². The van der Waals surface area contributed by atoms with E-state index in [0.29, 0.717) is 23.8 Å². The van der Waals surface area contributed by atoms with Crippen molar-refractivity contribution in [3.8, 4) is 0 Å². The topological polar surface area (TPSA) is 52.3 Å². The van der Waals surface area contributed by atoms with Gasteiger partial charge in [-0.2, -0.15) is 0 Å². The normalized spacial score (nSPS) is 38.6. The summed E-state index contributed by atoms with van der Waals surface area (Å²) in [5.74, 6) is 5.25. The van der Waals surface area contributed by atoms with Crippen LogP contribution in [-0.2, 0) is 9.53 Å². The molecule has 0 amide bonds. The maximum absolute atomic E-state index is 12.4. The number of esters is 1. The van der Waals surface area contributed by atoms with E-state index in [0.717, 1.165) is 67.6 Å². The number of nitrogens with two attached hydrogens (primary N) is 1. The van der Waals surface area contributed by atoms with Gasteiger partial charge in [0.15, 0.2) is 0 Å². The lowest BCUT2D eigenvalue weighted by molar-refractivity contribution is -0.151. The largest absolute Gasteiger partial charge is 0.462 e. The van der Waals surface area contributed by atoms with Crippen LogP contribution in [0.25, 0.3) is 0 Å². The lowest BCUT2D eigenvalue weighted by atomic mass is 9.47. The highest BCUT2D eigenvalue weighted by Gasteiger charge is 2.59. The molecule has 2 N–H and O–H groups in total. The predicted molar refractivity (Wildman–Crippen MR) is 150 cm³/mol. The average molecular weight is 500 g/mol. The van der Waals surface area contributed by atoms with Crippen molar-refractivity contribution in [2.24, 2.45) is 52.1 Å². The van der Waals surface area contributed by atoms with Crippen LogP contribution in [0.3, 0.4) is 0 Å². The highest BCUT2D eigenvalue weighted by Crippen LogP contribution is 2.67. The van der Waals surface area contributed by atoms with Crippen molar-refractivity contribution in [3.05, 3.63) is 11.6 Å². The molecular weight excluding hydrogens is 442 g/mol. The number of carbonyl (C=O) groups is 1. The number of ether oxygens (including phenoxy) is 1. The van der Waals surface area contributed by atoms with Gasteiger partial charge in [-0.05, 0) is 111 Å². The van der Waals surface area contributed by atoms with Gasteiger partial charge in [0, 0.05) is 12.8 Å². The third kappa shape index (κ3) is 5.76. The fraction of sp³-hybridized carbons (Fsp3) is 0.909. The van der Waals surface area contributed by atoms with Crippen molar-refractivity contribution in [2.45, 2.75) is 137 Å². The van der Waals surface area contributed by atoms with E-state index in [1.807, 2.05) is 0 Å². The third-order valence-corrected chi connectivity index (χ3v) is 11.6. The van der Waals surface area contributed by atoms with E-state index in [1.165, 1.54) is 57.8 Å². The van der Waals surface area contributed by atoms with Gasteiger partial charge in [0.2, 0.25) is 0 Å². The van der Waals surface area contributed by atoms with Gasteiger partial charge in [-0.15, -0.1) is 0 Å². The zero-order valence-electron chi connectivity index (χ0n) is 24.3. The first-order valence-corrected chi connectivity index (χ1v) is 15.8. The summed E-state index contributed by atoms with van der Waals surface area (Å²) in [6.07, 6.45) is 20.7. The summed E-state index contributed by atoms with van der Waals surface area (Å²) in [6, 6.07) is 0. The first-order valence-electron chi connectivity index (χ1n) is 15.8. The Kier molecular flexibility index (Phi) is 9.33. The molecule has 3 nitrogen and oxygen atoms in total. The Morgan fingerprint density at radius 1 is 1.00 bits per heavy atom. The molecule has 0 radical (unpaired) electrons. The molecule has 3 fully saturated rings. The van der Waals surface area contributed by atoms with Crippen molar-refractivity contribution in [1.29, 1.82) is 0 Å². The van der Waals surface area contributed by atoms with Crippen LogP contribution in [0.4, 0.5) is 0 Å². The number of unbranched alkanes of at least 4 members (excludes halogenated alkanes) is 2. The molecule has 4 aliphatic rings. The van der Waals surface area contributed by atoms with Crippen molar-refractivity contribution in [1.82, 2.24) is 0 Å². The molecule has 0 aromatic carbocycles. The molecule has 0 spiro atoms. The second-order valence-corrected chi connectivity index (χ2v) is 14.2. The average Bonchev–Trinajstić information content (AvgIpc) is 3.19. The second kappa shape index (κ2) is 11.9. The maximum Gasteiger partial charge on any atom is 0.306 e. The maximum atomic E-state index is 12.4. The molecule has 0 aromatic rings. The van der Waals surface area contributed by atoms with E-state index in [4.69, 9.17) is 10.5 Å². The lowest BCUT2D eigenvalue weighted by Gasteiger charge is -2.58. The molecule has 0 saturated heterocycles. The molecule has 0 bridgehead atoms. The minimum atomic E-state index is 0.00264. The van der Waals surface area contributed by atoms with E-state index < -0.39 is 0 Å². The van der Waals surface area contributed by atoms with Gasteiger partial charge in [0.25, 0.3) is 0 Å². The molecular formula is C33H57NO2. The third-order valence-electron chi connectivity index (χ3n) is 11.6. The molecule has 8 atom stereocenters. The molecule has 0 unspecified atom stereocenters. The van der Waals surface area contributed by atoms with Gasteiger partial charge in [-0.3, -0.25) is 4.79 Å². The van der Waals surface area contributed by atoms with Crippen LogP contribution in [0.2, 0.25) is 0 Å². The Balaban J connectivity index is 1.36. The zero-order chi connectivity index (χ0) is 25.9. The number of fused-ring (bicyclic) bond motifs is 5. The van der Waals surface area contributed by atoms with Crippen LogP contribution in [-0.4, -0.2) is 18.6 Å². The van der Waals surface area contributed by atoms with Crippen molar-refractivity contribution < 1.29 is 9.53 Å². The molecule has 3 heteroatoms. The zero-order valence-corrected chi connectivity index (χ0v) is 24.3. The van der Waals surface area contributed by atoms with Gasteiger partial charge < -0.3 is 10.5 Å². The Labute approximate surface area is 222 Å². The summed E-state index contributed by atoms with van der Waals surface area (Å²) >= 11 is 0. The van der Waals surface area contributed by atoms with Gasteiger partial charge in [0.05, 0.1) is 0 Å². The molecule has 0 heterocycles. The highest BCUT2D eigenvalue weighted by molar-refractivity contribution is 5.69. The van der Waals surface area contributed by atoms with Crippen LogP contribution in [0.5, 0.6) is 0 Å². The van der Waals surface area contributed by atoms with E-state index in [1.54, 1.807) is 5.57 Å². The lowest BCUT2D eigenvalue weighted by Crippen LogP contribution is -2.51. The molecule has 3 saturated carbocycles. The number of allylic oxidation sites excluding steroid dienone is 1. The van der Waals surface area contributed by atoms with Gasteiger partial charge in [-0.1, -0.05) is 72.0 Å². The molecule has 206 valence electrons. The van der Waals surface area contributed by atoms with E-state index >= 15 is 0 Å².